The maximum atomic E-state index is 11.8. The maximum Gasteiger partial charge on any atom is 0.261 e. The van der Waals surface area contributed by atoms with Crippen LogP contribution in [0.3, 0.4) is 0 Å². The van der Waals surface area contributed by atoms with Gasteiger partial charge in [-0.25, -0.2) is 0 Å². The van der Waals surface area contributed by atoms with Crippen molar-refractivity contribution in [1.29, 1.82) is 0 Å². The minimum atomic E-state index is -0.203. The number of rotatable bonds is 5. The third-order valence-corrected chi connectivity index (χ3v) is 4.26. The number of anilines is 1. The average Bonchev–Trinajstić information content (AvgIpc) is 2.96. The highest BCUT2D eigenvalue weighted by atomic mass is 79.9. The number of benzene rings is 1. The van der Waals surface area contributed by atoms with Gasteiger partial charge >= 0.3 is 0 Å². The van der Waals surface area contributed by atoms with Crippen LogP contribution >= 0.6 is 38.9 Å². The Balaban J connectivity index is 1.78. The first-order chi connectivity index (χ1) is 10.1. The molecule has 0 atom stereocenters. The molecule has 0 aliphatic heterocycles. The van der Waals surface area contributed by atoms with E-state index >= 15 is 0 Å². The molecule has 2 aromatic rings. The molecule has 0 saturated carbocycles. The van der Waals surface area contributed by atoms with E-state index in [2.05, 4.69) is 26.6 Å². The van der Waals surface area contributed by atoms with Crippen LogP contribution in [-0.4, -0.2) is 18.4 Å². The molecule has 7 heteroatoms. The number of halogens is 2. The molecule has 0 fully saturated rings. The van der Waals surface area contributed by atoms with Crippen LogP contribution in [0.5, 0.6) is 0 Å². The normalized spacial score (nSPS) is 10.2. The van der Waals surface area contributed by atoms with Crippen LogP contribution in [0.15, 0.2) is 40.2 Å². The summed E-state index contributed by atoms with van der Waals surface area (Å²) < 4.78 is 0.841. The van der Waals surface area contributed by atoms with E-state index in [1.807, 2.05) is 11.4 Å². The van der Waals surface area contributed by atoms with Gasteiger partial charge in [-0.05, 0) is 29.6 Å². The van der Waals surface area contributed by atoms with E-state index in [4.69, 9.17) is 11.6 Å². The topological polar surface area (TPSA) is 58.2 Å². The third-order valence-electron chi connectivity index (χ3n) is 2.59. The first-order valence-electron chi connectivity index (χ1n) is 6.13. The Hall–Kier alpha value is -1.37. The first kappa shape index (κ1) is 16.0. The highest BCUT2D eigenvalue weighted by Crippen LogP contribution is 2.25. The van der Waals surface area contributed by atoms with Gasteiger partial charge in [0.2, 0.25) is 5.91 Å². The van der Waals surface area contributed by atoms with Crippen LogP contribution in [0.4, 0.5) is 5.69 Å². The molecule has 0 radical (unpaired) electrons. The van der Waals surface area contributed by atoms with E-state index in [9.17, 15) is 9.59 Å². The minimum Gasteiger partial charge on any atom is -0.351 e. The van der Waals surface area contributed by atoms with E-state index < -0.39 is 0 Å². The fourth-order valence-electron chi connectivity index (χ4n) is 1.59. The van der Waals surface area contributed by atoms with Crippen molar-refractivity contribution in [2.24, 2.45) is 0 Å². The number of nitrogens with one attached hydrogen (secondary N) is 2. The second kappa shape index (κ2) is 7.59. The SMILES string of the molecule is O=C(CCNC(=O)c1cccs1)Nc1ccc(Br)cc1Cl. The van der Waals surface area contributed by atoms with Gasteiger partial charge in [0.25, 0.3) is 5.91 Å². The molecular formula is C14H12BrClN2O2S. The number of hydrogen-bond donors (Lipinski definition) is 2. The largest absolute Gasteiger partial charge is 0.351 e. The predicted octanol–water partition coefficient (Wildman–Crippen LogP) is 3.92. The molecule has 0 unspecified atom stereocenters. The van der Waals surface area contributed by atoms with E-state index in [-0.39, 0.29) is 24.8 Å². The van der Waals surface area contributed by atoms with Gasteiger partial charge in [-0.2, -0.15) is 0 Å². The van der Waals surface area contributed by atoms with Gasteiger partial charge in [0.1, 0.15) is 0 Å². The van der Waals surface area contributed by atoms with Gasteiger partial charge in [-0.15, -0.1) is 11.3 Å². The fraction of sp³-hybridized carbons (Fsp3) is 0.143. The average molecular weight is 388 g/mol. The second-order valence-corrected chi connectivity index (χ2v) is 6.43. The Morgan fingerprint density at radius 2 is 2.10 bits per heavy atom. The summed E-state index contributed by atoms with van der Waals surface area (Å²) in [5.74, 6) is -0.370. The summed E-state index contributed by atoms with van der Waals surface area (Å²) in [6, 6.07) is 8.76. The van der Waals surface area contributed by atoms with Gasteiger partial charge in [0, 0.05) is 17.4 Å². The molecule has 1 heterocycles. The highest BCUT2D eigenvalue weighted by molar-refractivity contribution is 9.10. The number of carbonyl (C=O) groups excluding carboxylic acids is 2. The van der Waals surface area contributed by atoms with Gasteiger partial charge < -0.3 is 10.6 Å². The Bertz CT molecular complexity index is 646. The summed E-state index contributed by atoms with van der Waals surface area (Å²) in [5, 5.41) is 7.69. The number of thiophene rings is 1. The molecule has 0 bridgehead atoms. The molecular weight excluding hydrogens is 376 g/mol. The third kappa shape index (κ3) is 4.84. The number of amides is 2. The van der Waals surface area contributed by atoms with Crippen LogP contribution in [0.2, 0.25) is 5.02 Å². The number of carbonyl (C=O) groups is 2. The molecule has 0 saturated heterocycles. The van der Waals surface area contributed by atoms with Gasteiger partial charge in [-0.3, -0.25) is 9.59 Å². The quantitative estimate of drug-likeness (QED) is 0.817. The van der Waals surface area contributed by atoms with Crippen molar-refractivity contribution in [3.05, 3.63) is 50.1 Å². The van der Waals surface area contributed by atoms with Crippen molar-refractivity contribution in [2.45, 2.75) is 6.42 Å². The van der Waals surface area contributed by atoms with E-state index in [1.165, 1.54) is 11.3 Å². The first-order valence-corrected chi connectivity index (χ1v) is 8.18. The van der Waals surface area contributed by atoms with Crippen molar-refractivity contribution in [3.63, 3.8) is 0 Å². The van der Waals surface area contributed by atoms with Crippen molar-refractivity contribution in [2.75, 3.05) is 11.9 Å². The van der Waals surface area contributed by atoms with E-state index in [0.29, 0.717) is 15.6 Å². The van der Waals surface area contributed by atoms with Crippen LogP contribution in [0.25, 0.3) is 0 Å². The second-order valence-electron chi connectivity index (χ2n) is 4.16. The van der Waals surface area contributed by atoms with Gasteiger partial charge in [0.15, 0.2) is 0 Å². The minimum absolute atomic E-state index is 0.167. The molecule has 110 valence electrons. The van der Waals surface area contributed by atoms with Crippen molar-refractivity contribution < 1.29 is 9.59 Å². The molecule has 2 amide bonds. The molecule has 0 spiro atoms. The Labute approximate surface area is 139 Å². The summed E-state index contributed by atoms with van der Waals surface area (Å²) in [5.41, 5.74) is 0.550. The van der Waals surface area contributed by atoms with Crippen molar-refractivity contribution in [1.82, 2.24) is 5.32 Å². The van der Waals surface area contributed by atoms with Gasteiger partial charge in [-0.1, -0.05) is 33.6 Å². The van der Waals surface area contributed by atoms with E-state index in [1.54, 1.807) is 24.3 Å². The summed E-state index contributed by atoms with van der Waals surface area (Å²) in [6.45, 7) is 0.275. The number of hydrogen-bond acceptors (Lipinski definition) is 3. The Kier molecular flexibility index (Phi) is 5.78. The van der Waals surface area contributed by atoms with Crippen LogP contribution < -0.4 is 10.6 Å². The Morgan fingerprint density at radius 3 is 2.76 bits per heavy atom. The molecule has 21 heavy (non-hydrogen) atoms. The molecule has 2 N–H and O–H groups in total. The van der Waals surface area contributed by atoms with E-state index in [0.717, 1.165) is 4.47 Å². The highest BCUT2D eigenvalue weighted by Gasteiger charge is 2.09. The van der Waals surface area contributed by atoms with Gasteiger partial charge in [0.05, 0.1) is 15.6 Å². The summed E-state index contributed by atoms with van der Waals surface area (Å²) in [4.78, 5) is 24.1. The lowest BCUT2D eigenvalue weighted by Crippen LogP contribution is -2.27. The monoisotopic (exact) mass is 386 g/mol. The van der Waals surface area contributed by atoms with Crippen molar-refractivity contribution in [3.8, 4) is 0 Å². The standard InChI is InChI=1S/C14H12BrClN2O2S/c15-9-3-4-11(10(16)8-9)18-13(19)5-6-17-14(20)12-2-1-7-21-12/h1-4,7-8H,5-6H2,(H,17,20)(H,18,19). The molecule has 4 nitrogen and oxygen atoms in total. The van der Waals surface area contributed by atoms with Crippen LogP contribution in [-0.2, 0) is 4.79 Å². The molecule has 0 aliphatic rings. The lowest BCUT2D eigenvalue weighted by atomic mass is 10.3. The molecule has 1 aromatic heterocycles. The zero-order chi connectivity index (χ0) is 15.2. The smallest absolute Gasteiger partial charge is 0.261 e. The summed E-state index contributed by atoms with van der Waals surface area (Å²) in [7, 11) is 0. The van der Waals surface area contributed by atoms with Crippen LogP contribution in [0.1, 0.15) is 16.1 Å². The molecule has 2 rings (SSSR count). The zero-order valence-corrected chi connectivity index (χ0v) is 14.0. The van der Waals surface area contributed by atoms with Crippen molar-refractivity contribution >= 4 is 56.4 Å². The lowest BCUT2D eigenvalue weighted by molar-refractivity contribution is -0.116. The summed E-state index contributed by atoms with van der Waals surface area (Å²) >= 11 is 10.7. The Morgan fingerprint density at radius 1 is 1.29 bits per heavy atom. The lowest BCUT2D eigenvalue weighted by Gasteiger charge is -2.08. The van der Waals surface area contributed by atoms with Crippen LogP contribution in [0, 0.1) is 0 Å². The molecule has 1 aromatic carbocycles. The summed E-state index contributed by atoms with van der Waals surface area (Å²) in [6.07, 6.45) is 0.184. The molecule has 0 aliphatic carbocycles. The zero-order valence-electron chi connectivity index (χ0n) is 10.9. The maximum absolute atomic E-state index is 11.8. The predicted molar refractivity (Wildman–Crippen MR) is 89.1 cm³/mol. The fourth-order valence-corrected chi connectivity index (χ4v) is 2.95.